The molecular formula is C15H12BrN3S. The Balaban J connectivity index is 1.99. The van der Waals surface area contributed by atoms with Crippen LogP contribution in [-0.4, -0.2) is 10.8 Å². The molecule has 0 saturated heterocycles. The number of thiazole rings is 1. The minimum Gasteiger partial charge on any atom is -0.318 e. The zero-order valence-corrected chi connectivity index (χ0v) is 13.2. The Labute approximate surface area is 129 Å². The summed E-state index contributed by atoms with van der Waals surface area (Å²) in [4.78, 5) is 0.884. The predicted molar refractivity (Wildman–Crippen MR) is 88.1 cm³/mol. The number of nitrogens with zero attached hydrogens (tertiary/aromatic N) is 3. The number of hydrogen-bond acceptors (Lipinski definition) is 3. The zero-order valence-electron chi connectivity index (χ0n) is 10.8. The molecule has 0 fully saturated rings. The maximum absolute atomic E-state index is 4.31. The van der Waals surface area contributed by atoms with Gasteiger partial charge in [0.25, 0.3) is 0 Å². The fourth-order valence-corrected chi connectivity index (χ4v) is 3.26. The van der Waals surface area contributed by atoms with E-state index in [1.807, 2.05) is 43.4 Å². The molecule has 0 aliphatic heterocycles. The van der Waals surface area contributed by atoms with E-state index in [1.165, 1.54) is 10.2 Å². The van der Waals surface area contributed by atoms with E-state index in [-0.39, 0.29) is 0 Å². The van der Waals surface area contributed by atoms with Gasteiger partial charge in [-0.05, 0) is 18.2 Å². The molecule has 1 heterocycles. The lowest BCUT2D eigenvalue weighted by molar-refractivity contribution is 0.889. The number of aromatic nitrogens is 1. The maximum Gasteiger partial charge on any atom is 0.211 e. The first-order valence-corrected chi connectivity index (χ1v) is 7.73. The van der Waals surface area contributed by atoms with Crippen LogP contribution in [0.5, 0.6) is 0 Å². The molecule has 3 aromatic rings. The van der Waals surface area contributed by atoms with E-state index in [9.17, 15) is 0 Å². The van der Waals surface area contributed by atoms with Crippen molar-refractivity contribution in [2.24, 2.45) is 17.3 Å². The van der Waals surface area contributed by atoms with Crippen LogP contribution >= 0.6 is 27.3 Å². The van der Waals surface area contributed by atoms with E-state index in [4.69, 9.17) is 0 Å². The Hall–Kier alpha value is -1.72. The van der Waals surface area contributed by atoms with Crippen molar-refractivity contribution in [2.45, 2.75) is 0 Å². The minimum atomic E-state index is 0.884. The average Bonchev–Trinajstić information content (AvgIpc) is 2.78. The number of fused-ring (bicyclic) bond motifs is 1. The van der Waals surface area contributed by atoms with Crippen molar-refractivity contribution in [3.8, 4) is 0 Å². The molecule has 0 amide bonds. The highest BCUT2D eigenvalue weighted by molar-refractivity contribution is 9.10. The van der Waals surface area contributed by atoms with Gasteiger partial charge in [-0.15, -0.1) is 5.10 Å². The molecular weight excluding hydrogens is 334 g/mol. The smallest absolute Gasteiger partial charge is 0.211 e. The van der Waals surface area contributed by atoms with Gasteiger partial charge in [-0.2, -0.15) is 5.10 Å². The van der Waals surface area contributed by atoms with Crippen molar-refractivity contribution in [1.29, 1.82) is 0 Å². The van der Waals surface area contributed by atoms with Crippen molar-refractivity contribution in [1.82, 2.24) is 4.57 Å². The van der Waals surface area contributed by atoms with E-state index >= 15 is 0 Å². The Bertz CT molecular complexity index is 845. The summed E-state index contributed by atoms with van der Waals surface area (Å²) < 4.78 is 4.28. The third kappa shape index (κ3) is 2.59. The van der Waals surface area contributed by atoms with Crippen molar-refractivity contribution in [2.75, 3.05) is 0 Å². The molecule has 2 aromatic carbocycles. The summed E-state index contributed by atoms with van der Waals surface area (Å²) in [6.07, 6.45) is 1.76. The lowest BCUT2D eigenvalue weighted by Gasteiger charge is -1.94. The minimum absolute atomic E-state index is 0.884. The molecule has 3 rings (SSSR count). The summed E-state index contributed by atoms with van der Waals surface area (Å²) >= 11 is 5.12. The Morgan fingerprint density at radius 1 is 1.10 bits per heavy atom. The molecule has 0 spiro atoms. The zero-order chi connectivity index (χ0) is 13.9. The van der Waals surface area contributed by atoms with E-state index in [1.54, 1.807) is 17.6 Å². The van der Waals surface area contributed by atoms with Crippen LogP contribution in [0.15, 0.2) is 63.2 Å². The Morgan fingerprint density at radius 2 is 1.85 bits per heavy atom. The molecule has 20 heavy (non-hydrogen) atoms. The molecule has 0 aliphatic rings. The molecule has 0 aliphatic carbocycles. The first kappa shape index (κ1) is 13.3. The van der Waals surface area contributed by atoms with Gasteiger partial charge in [-0.3, -0.25) is 0 Å². The highest BCUT2D eigenvalue weighted by Crippen LogP contribution is 2.15. The number of rotatable bonds is 2. The topological polar surface area (TPSA) is 29.6 Å². The quantitative estimate of drug-likeness (QED) is 0.497. The average molecular weight is 346 g/mol. The van der Waals surface area contributed by atoms with Crippen LogP contribution in [0.2, 0.25) is 0 Å². The molecule has 0 saturated carbocycles. The number of halogens is 1. The van der Waals surface area contributed by atoms with Gasteiger partial charge in [-0.25, -0.2) is 0 Å². The molecule has 100 valence electrons. The highest BCUT2D eigenvalue weighted by atomic mass is 79.9. The molecule has 0 unspecified atom stereocenters. The van der Waals surface area contributed by atoms with Gasteiger partial charge in [0, 0.05) is 17.1 Å². The second-order valence-corrected chi connectivity index (χ2v) is 6.14. The number of para-hydroxylation sites is 1. The highest BCUT2D eigenvalue weighted by Gasteiger charge is 2.00. The molecule has 0 radical (unpaired) electrons. The van der Waals surface area contributed by atoms with Gasteiger partial charge >= 0.3 is 0 Å². The monoisotopic (exact) mass is 345 g/mol. The van der Waals surface area contributed by atoms with E-state index in [2.05, 4.69) is 42.8 Å². The largest absolute Gasteiger partial charge is 0.318 e. The fraction of sp³-hybridized carbons (Fsp3) is 0.0667. The van der Waals surface area contributed by atoms with Gasteiger partial charge in [0.1, 0.15) is 0 Å². The first-order valence-electron chi connectivity index (χ1n) is 6.12. The molecule has 0 bridgehead atoms. The maximum atomic E-state index is 4.31. The second-order valence-electron chi connectivity index (χ2n) is 4.28. The van der Waals surface area contributed by atoms with Gasteiger partial charge in [0.15, 0.2) is 0 Å². The Kier molecular flexibility index (Phi) is 3.80. The molecule has 0 atom stereocenters. The van der Waals surface area contributed by atoms with Crippen LogP contribution in [-0.2, 0) is 7.05 Å². The number of hydrogen-bond donors (Lipinski definition) is 0. The second kappa shape index (κ2) is 5.73. The van der Waals surface area contributed by atoms with Gasteiger partial charge in [-0.1, -0.05) is 57.6 Å². The summed E-state index contributed by atoms with van der Waals surface area (Å²) in [6.45, 7) is 0. The van der Waals surface area contributed by atoms with Crippen molar-refractivity contribution >= 4 is 43.7 Å². The van der Waals surface area contributed by atoms with E-state index in [0.29, 0.717) is 0 Å². The predicted octanol–water partition coefficient (Wildman–Crippen LogP) is 3.94. The third-order valence-corrected chi connectivity index (χ3v) is 4.79. The van der Waals surface area contributed by atoms with Gasteiger partial charge in [0.2, 0.25) is 4.80 Å². The fourth-order valence-electron chi connectivity index (χ4n) is 1.90. The summed E-state index contributed by atoms with van der Waals surface area (Å²) in [5.41, 5.74) is 2.19. The Morgan fingerprint density at radius 3 is 2.65 bits per heavy atom. The first-order chi connectivity index (χ1) is 9.75. The van der Waals surface area contributed by atoms with Crippen LogP contribution in [0.1, 0.15) is 5.56 Å². The van der Waals surface area contributed by atoms with E-state index < -0.39 is 0 Å². The standard InChI is InChI=1S/C15H12BrN3S/c1-19-13-8-4-5-9-14(13)20-15(19)18-17-10-11-6-2-3-7-12(11)16/h2-10H,1H3/b17-10+,18-15+. The molecule has 3 nitrogen and oxygen atoms in total. The van der Waals surface area contributed by atoms with Crippen LogP contribution in [0.4, 0.5) is 0 Å². The van der Waals surface area contributed by atoms with Crippen LogP contribution in [0, 0.1) is 0 Å². The van der Waals surface area contributed by atoms with Crippen molar-refractivity contribution in [3.63, 3.8) is 0 Å². The number of aryl methyl sites for hydroxylation is 1. The third-order valence-electron chi connectivity index (χ3n) is 2.96. The van der Waals surface area contributed by atoms with Crippen LogP contribution in [0.25, 0.3) is 10.2 Å². The number of benzene rings is 2. The van der Waals surface area contributed by atoms with Crippen molar-refractivity contribution < 1.29 is 0 Å². The van der Waals surface area contributed by atoms with E-state index in [0.717, 1.165) is 14.8 Å². The van der Waals surface area contributed by atoms with Gasteiger partial charge < -0.3 is 4.57 Å². The SMILES string of the molecule is Cn1/c(=N\N=C\c2ccccc2Br)sc2ccccc21. The molecule has 5 heteroatoms. The van der Waals surface area contributed by atoms with Gasteiger partial charge in [0.05, 0.1) is 16.4 Å². The molecule has 1 aromatic heterocycles. The summed E-state index contributed by atoms with van der Waals surface area (Å²) in [6, 6.07) is 16.2. The van der Waals surface area contributed by atoms with Crippen molar-refractivity contribution in [3.05, 3.63) is 63.4 Å². The summed E-state index contributed by atoms with van der Waals surface area (Å²) in [5.74, 6) is 0. The normalized spacial score (nSPS) is 12.6. The van der Waals surface area contributed by atoms with Crippen LogP contribution in [0.3, 0.4) is 0 Å². The van der Waals surface area contributed by atoms with Crippen LogP contribution < -0.4 is 4.80 Å². The lowest BCUT2D eigenvalue weighted by Crippen LogP contribution is -2.08. The summed E-state index contributed by atoms with van der Waals surface area (Å²) in [7, 11) is 2.01. The molecule has 0 N–H and O–H groups in total. The lowest BCUT2D eigenvalue weighted by atomic mass is 10.2. The summed E-state index contributed by atoms with van der Waals surface area (Å²) in [5, 5.41) is 8.50.